The van der Waals surface area contributed by atoms with Gasteiger partial charge in [-0.15, -0.1) is 0 Å². The van der Waals surface area contributed by atoms with E-state index in [1.54, 1.807) is 6.07 Å². The highest BCUT2D eigenvalue weighted by molar-refractivity contribution is 7.90. The maximum absolute atomic E-state index is 11.9. The van der Waals surface area contributed by atoms with Gasteiger partial charge in [-0.2, -0.15) is 8.42 Å². The van der Waals surface area contributed by atoms with Gasteiger partial charge in [-0.25, -0.2) is 9.59 Å². The molecule has 0 spiro atoms. The van der Waals surface area contributed by atoms with Gasteiger partial charge in [0.1, 0.15) is 10.7 Å². The molecule has 0 bridgehead atoms. The summed E-state index contributed by atoms with van der Waals surface area (Å²) in [5, 5.41) is 0. The van der Waals surface area contributed by atoms with Crippen molar-refractivity contribution in [2.45, 2.75) is 4.90 Å². The van der Waals surface area contributed by atoms with Gasteiger partial charge in [0.25, 0.3) is 16.1 Å². The second-order valence-corrected chi connectivity index (χ2v) is 5.38. The zero-order valence-corrected chi connectivity index (χ0v) is 11.6. The number of hydrogen-bond acceptors (Lipinski definition) is 6. The normalized spacial score (nSPS) is 10.7. The van der Waals surface area contributed by atoms with Crippen molar-refractivity contribution in [2.24, 2.45) is 4.40 Å². The molecular formula is C13H9NO6S. The van der Waals surface area contributed by atoms with Gasteiger partial charge < -0.3 is 9.15 Å². The second-order valence-electron chi connectivity index (χ2n) is 3.81. The number of hydrogen-bond donors (Lipinski definition) is 0. The third kappa shape index (κ3) is 2.91. The standard InChI is InChI=1S/C13H9NO6S/c1-19-13(16)11-7-6-10(20-11)9-4-2-3-5-12(9)21(17,18)14-8-15/h2-7H,1H3. The Balaban J connectivity index is 2.58. The molecule has 21 heavy (non-hydrogen) atoms. The largest absolute Gasteiger partial charge is 0.463 e. The first-order chi connectivity index (χ1) is 9.99. The van der Waals surface area contributed by atoms with E-state index in [1.165, 1.54) is 37.4 Å². The molecule has 0 atom stereocenters. The Labute approximate surface area is 119 Å². The Kier molecular flexibility index (Phi) is 4.02. The fraction of sp³-hybridized carbons (Fsp3) is 0.0769. The summed E-state index contributed by atoms with van der Waals surface area (Å²) in [6, 6.07) is 8.57. The number of carbonyl (C=O) groups is 1. The van der Waals surface area contributed by atoms with E-state index in [4.69, 9.17) is 4.42 Å². The van der Waals surface area contributed by atoms with Crippen LogP contribution in [0, 0.1) is 0 Å². The van der Waals surface area contributed by atoms with Crippen molar-refractivity contribution in [3.63, 3.8) is 0 Å². The van der Waals surface area contributed by atoms with Crippen molar-refractivity contribution in [1.82, 2.24) is 0 Å². The third-order valence-electron chi connectivity index (χ3n) is 2.58. The van der Waals surface area contributed by atoms with Gasteiger partial charge in [0.05, 0.1) is 7.11 Å². The van der Waals surface area contributed by atoms with Crippen molar-refractivity contribution < 1.29 is 27.2 Å². The summed E-state index contributed by atoms with van der Waals surface area (Å²) in [6.45, 7) is 0. The molecule has 0 saturated carbocycles. The predicted octanol–water partition coefficient (Wildman–Crippen LogP) is 1.76. The molecule has 7 nitrogen and oxygen atoms in total. The van der Waals surface area contributed by atoms with Crippen LogP contribution in [0.2, 0.25) is 0 Å². The van der Waals surface area contributed by atoms with Crippen molar-refractivity contribution in [3.05, 3.63) is 42.2 Å². The zero-order valence-electron chi connectivity index (χ0n) is 10.8. The van der Waals surface area contributed by atoms with Crippen LogP contribution in [0.4, 0.5) is 0 Å². The number of carbonyl (C=O) groups excluding carboxylic acids is 2. The van der Waals surface area contributed by atoms with Gasteiger partial charge in [-0.05, 0) is 24.3 Å². The highest BCUT2D eigenvalue weighted by Gasteiger charge is 2.21. The van der Waals surface area contributed by atoms with Crippen LogP contribution >= 0.6 is 0 Å². The summed E-state index contributed by atoms with van der Waals surface area (Å²) < 4.78 is 36.3. The number of benzene rings is 1. The van der Waals surface area contributed by atoms with Gasteiger partial charge in [-0.1, -0.05) is 16.5 Å². The number of ether oxygens (including phenoxy) is 1. The molecule has 108 valence electrons. The Morgan fingerprint density at radius 3 is 2.62 bits per heavy atom. The van der Waals surface area contributed by atoms with E-state index >= 15 is 0 Å². The molecule has 0 unspecified atom stereocenters. The molecule has 0 aliphatic heterocycles. The number of methoxy groups -OCH3 is 1. The monoisotopic (exact) mass is 307 g/mol. The zero-order chi connectivity index (χ0) is 15.5. The van der Waals surface area contributed by atoms with E-state index in [1.807, 2.05) is 0 Å². The van der Waals surface area contributed by atoms with Gasteiger partial charge in [0.15, 0.2) is 0 Å². The lowest BCUT2D eigenvalue weighted by atomic mass is 10.2. The molecule has 2 rings (SSSR count). The van der Waals surface area contributed by atoms with Crippen LogP contribution in [-0.4, -0.2) is 27.6 Å². The molecule has 0 fully saturated rings. The molecular weight excluding hydrogens is 298 g/mol. The van der Waals surface area contributed by atoms with Crippen LogP contribution in [0.3, 0.4) is 0 Å². The van der Waals surface area contributed by atoms with E-state index in [0.29, 0.717) is 0 Å². The minimum Gasteiger partial charge on any atom is -0.463 e. The van der Waals surface area contributed by atoms with Crippen molar-refractivity contribution in [1.29, 1.82) is 0 Å². The lowest BCUT2D eigenvalue weighted by Crippen LogP contribution is -1.99. The minimum atomic E-state index is -4.18. The van der Waals surface area contributed by atoms with Crippen LogP contribution in [0.1, 0.15) is 10.6 Å². The maximum atomic E-state index is 11.9. The van der Waals surface area contributed by atoms with Crippen LogP contribution in [0.25, 0.3) is 11.3 Å². The minimum absolute atomic E-state index is 0.0708. The molecule has 0 N–H and O–H groups in total. The van der Waals surface area contributed by atoms with Crippen LogP contribution in [-0.2, 0) is 19.6 Å². The lowest BCUT2D eigenvalue weighted by molar-refractivity contribution is 0.0566. The summed E-state index contributed by atoms with van der Waals surface area (Å²) in [7, 11) is -2.98. The summed E-state index contributed by atoms with van der Waals surface area (Å²) in [4.78, 5) is 21.3. The molecule has 0 aliphatic carbocycles. The van der Waals surface area contributed by atoms with Gasteiger partial charge >= 0.3 is 5.97 Å². The molecule has 0 aliphatic rings. The van der Waals surface area contributed by atoms with E-state index in [2.05, 4.69) is 9.13 Å². The molecule has 0 amide bonds. The smallest absolute Gasteiger partial charge is 0.373 e. The van der Waals surface area contributed by atoms with E-state index in [-0.39, 0.29) is 22.0 Å². The molecule has 1 heterocycles. The average Bonchev–Trinajstić information content (AvgIpc) is 2.96. The summed E-state index contributed by atoms with van der Waals surface area (Å²) >= 11 is 0. The highest BCUT2D eigenvalue weighted by atomic mass is 32.2. The SMILES string of the molecule is COC(=O)c1ccc(-c2ccccc2S(=O)(=O)N=C=O)o1. The predicted molar refractivity (Wildman–Crippen MR) is 70.8 cm³/mol. The fourth-order valence-corrected chi connectivity index (χ4v) is 2.58. The van der Waals surface area contributed by atoms with Crippen molar-refractivity contribution >= 4 is 22.1 Å². The number of esters is 1. The second kappa shape index (κ2) is 5.74. The van der Waals surface area contributed by atoms with Gasteiger partial charge in [-0.3, -0.25) is 0 Å². The topological polar surface area (TPSA) is 103 Å². The molecule has 2 aromatic rings. The van der Waals surface area contributed by atoms with E-state index in [0.717, 1.165) is 6.08 Å². The quantitative estimate of drug-likeness (QED) is 0.484. The number of isocyanates is 1. The highest BCUT2D eigenvalue weighted by Crippen LogP contribution is 2.29. The number of nitrogens with zero attached hydrogens (tertiary/aromatic N) is 1. The first kappa shape index (κ1) is 14.7. The Bertz CT molecular complexity index is 830. The van der Waals surface area contributed by atoms with Crippen LogP contribution in [0.5, 0.6) is 0 Å². The van der Waals surface area contributed by atoms with Crippen molar-refractivity contribution in [3.8, 4) is 11.3 Å². The lowest BCUT2D eigenvalue weighted by Gasteiger charge is -2.03. The first-order valence-electron chi connectivity index (χ1n) is 5.61. The fourth-order valence-electron chi connectivity index (χ4n) is 1.69. The van der Waals surface area contributed by atoms with E-state index in [9.17, 15) is 18.0 Å². The summed E-state index contributed by atoms with van der Waals surface area (Å²) in [5.41, 5.74) is 0.173. The number of sulfonamides is 1. The van der Waals surface area contributed by atoms with Crippen LogP contribution in [0.15, 0.2) is 50.1 Å². The molecule has 1 aromatic carbocycles. The number of rotatable bonds is 4. The molecule has 1 aromatic heterocycles. The Morgan fingerprint density at radius 2 is 1.95 bits per heavy atom. The van der Waals surface area contributed by atoms with Gasteiger partial charge in [0.2, 0.25) is 5.76 Å². The summed E-state index contributed by atoms with van der Waals surface area (Å²) in [6.07, 6.45) is 1.00. The van der Waals surface area contributed by atoms with Crippen molar-refractivity contribution in [2.75, 3.05) is 7.11 Å². The average molecular weight is 307 g/mol. The number of furan rings is 1. The molecule has 8 heteroatoms. The molecule has 0 saturated heterocycles. The third-order valence-corrected chi connectivity index (χ3v) is 3.81. The first-order valence-corrected chi connectivity index (χ1v) is 7.05. The van der Waals surface area contributed by atoms with Gasteiger partial charge in [0, 0.05) is 5.56 Å². The summed E-state index contributed by atoms with van der Waals surface area (Å²) in [5.74, 6) is -0.623. The molecule has 0 radical (unpaired) electrons. The maximum Gasteiger partial charge on any atom is 0.373 e. The Morgan fingerprint density at radius 1 is 1.24 bits per heavy atom. The Hall–Kier alpha value is -2.70. The van der Waals surface area contributed by atoms with E-state index < -0.39 is 16.0 Å². The van der Waals surface area contributed by atoms with Crippen LogP contribution < -0.4 is 0 Å².